The van der Waals surface area contributed by atoms with Crippen molar-refractivity contribution in [1.82, 2.24) is 0 Å². The van der Waals surface area contributed by atoms with Crippen LogP contribution < -0.4 is 0 Å². The molecule has 0 aromatic heterocycles. The summed E-state index contributed by atoms with van der Waals surface area (Å²) in [5.74, 6) is 1.31. The molecule has 12 unspecified atom stereocenters. The summed E-state index contributed by atoms with van der Waals surface area (Å²) in [6.07, 6.45) is 11.0. The summed E-state index contributed by atoms with van der Waals surface area (Å²) in [6.45, 7) is 4.77. The maximum Gasteiger partial charge on any atom is 0.314 e. The fourth-order valence-corrected chi connectivity index (χ4v) is 10.5. The van der Waals surface area contributed by atoms with Crippen LogP contribution in [0, 0.1) is 40.4 Å². The van der Waals surface area contributed by atoms with Gasteiger partial charge in [-0.05, 0) is 118 Å². The Labute approximate surface area is 227 Å². The van der Waals surface area contributed by atoms with Crippen molar-refractivity contribution < 1.29 is 34.7 Å². The van der Waals surface area contributed by atoms with Gasteiger partial charge in [-0.2, -0.15) is 0 Å². The molecule has 1 heterocycles. The van der Waals surface area contributed by atoms with Crippen LogP contribution in [-0.4, -0.2) is 63.0 Å². The SMILES string of the molecule is CC12CCC(OC3CC(CO)CC(O)C3O)CC1CCC1C2CCC2(C)C(C3=COC(=O)C3)CCCC12O. The second-order valence-electron chi connectivity index (χ2n) is 14.3. The summed E-state index contributed by atoms with van der Waals surface area (Å²) in [5, 5.41) is 43.1. The second-order valence-corrected chi connectivity index (χ2v) is 14.3. The number of carbonyl (C=O) groups is 1. The molecule has 214 valence electrons. The van der Waals surface area contributed by atoms with Crippen molar-refractivity contribution in [2.45, 2.75) is 127 Å². The highest BCUT2D eigenvalue weighted by molar-refractivity contribution is 5.76. The van der Waals surface area contributed by atoms with Crippen molar-refractivity contribution in [3.05, 3.63) is 11.8 Å². The van der Waals surface area contributed by atoms with Gasteiger partial charge < -0.3 is 29.9 Å². The van der Waals surface area contributed by atoms with Gasteiger partial charge >= 0.3 is 5.97 Å². The third-order valence-electron chi connectivity index (χ3n) is 12.7. The van der Waals surface area contributed by atoms with E-state index >= 15 is 0 Å². The Kier molecular flexibility index (Phi) is 7.03. The number of ether oxygens (including phenoxy) is 2. The smallest absolute Gasteiger partial charge is 0.314 e. The molecule has 6 aliphatic rings. The highest BCUT2D eigenvalue weighted by atomic mass is 16.5. The average molecular weight is 533 g/mol. The number of fused-ring (bicyclic) bond motifs is 5. The summed E-state index contributed by atoms with van der Waals surface area (Å²) < 4.78 is 11.7. The summed E-state index contributed by atoms with van der Waals surface area (Å²) in [4.78, 5) is 11.9. The molecule has 0 aromatic rings. The van der Waals surface area contributed by atoms with Gasteiger partial charge in [-0.1, -0.05) is 13.8 Å². The molecular formula is C31H48O7. The van der Waals surface area contributed by atoms with Crippen molar-refractivity contribution in [3.63, 3.8) is 0 Å². The lowest BCUT2D eigenvalue weighted by molar-refractivity contribution is -0.245. The third-order valence-corrected chi connectivity index (χ3v) is 12.7. The summed E-state index contributed by atoms with van der Waals surface area (Å²) in [6, 6.07) is 0. The topological polar surface area (TPSA) is 116 Å². The fourth-order valence-electron chi connectivity index (χ4n) is 10.5. The molecular weight excluding hydrogens is 484 g/mol. The zero-order chi connectivity index (χ0) is 26.9. The van der Waals surface area contributed by atoms with Crippen LogP contribution in [0.3, 0.4) is 0 Å². The lowest BCUT2D eigenvalue weighted by Gasteiger charge is -2.67. The molecule has 0 saturated heterocycles. The Morgan fingerprint density at radius 2 is 1.82 bits per heavy atom. The highest BCUT2D eigenvalue weighted by Crippen LogP contribution is 2.69. The second kappa shape index (κ2) is 9.83. The molecule has 7 heteroatoms. The first kappa shape index (κ1) is 27.2. The molecule has 5 aliphatic carbocycles. The van der Waals surface area contributed by atoms with Gasteiger partial charge in [0.05, 0.1) is 36.6 Å². The van der Waals surface area contributed by atoms with E-state index in [0.29, 0.717) is 31.1 Å². The average Bonchev–Trinajstić information content (AvgIpc) is 3.32. The van der Waals surface area contributed by atoms with Gasteiger partial charge in [0.2, 0.25) is 0 Å². The van der Waals surface area contributed by atoms with Gasteiger partial charge in [0.15, 0.2) is 0 Å². The van der Waals surface area contributed by atoms with Crippen LogP contribution in [0.5, 0.6) is 0 Å². The molecule has 0 bridgehead atoms. The van der Waals surface area contributed by atoms with Crippen molar-refractivity contribution in [2.24, 2.45) is 40.4 Å². The van der Waals surface area contributed by atoms with Crippen LogP contribution in [0.2, 0.25) is 0 Å². The maximum absolute atomic E-state index is 12.6. The Bertz CT molecular complexity index is 951. The molecule has 5 saturated carbocycles. The zero-order valence-electron chi connectivity index (χ0n) is 23.2. The Hall–Kier alpha value is -0.990. The van der Waals surface area contributed by atoms with Crippen LogP contribution >= 0.6 is 0 Å². The molecule has 38 heavy (non-hydrogen) atoms. The first-order chi connectivity index (χ1) is 18.1. The first-order valence-corrected chi connectivity index (χ1v) is 15.3. The fraction of sp³-hybridized carbons (Fsp3) is 0.903. The molecule has 4 N–H and O–H groups in total. The van der Waals surface area contributed by atoms with E-state index in [9.17, 15) is 25.2 Å². The Balaban J connectivity index is 1.17. The number of rotatable bonds is 4. The molecule has 5 fully saturated rings. The number of esters is 1. The number of hydrogen-bond donors (Lipinski definition) is 4. The minimum Gasteiger partial charge on any atom is -0.434 e. The summed E-state index contributed by atoms with van der Waals surface area (Å²) in [7, 11) is 0. The summed E-state index contributed by atoms with van der Waals surface area (Å²) >= 11 is 0. The van der Waals surface area contributed by atoms with E-state index in [-0.39, 0.29) is 47.3 Å². The third kappa shape index (κ3) is 4.13. The zero-order valence-corrected chi connectivity index (χ0v) is 23.2. The Morgan fingerprint density at radius 1 is 1.00 bits per heavy atom. The van der Waals surface area contributed by atoms with Gasteiger partial charge in [-0.15, -0.1) is 0 Å². The highest BCUT2D eigenvalue weighted by Gasteiger charge is 2.66. The lowest BCUT2D eigenvalue weighted by atomic mass is 9.39. The molecule has 1 aliphatic heterocycles. The predicted octanol–water partition coefficient (Wildman–Crippen LogP) is 3.86. The van der Waals surface area contributed by atoms with Gasteiger partial charge in [0.25, 0.3) is 0 Å². The number of aliphatic hydroxyl groups excluding tert-OH is 3. The number of carbonyl (C=O) groups excluding carboxylic acids is 1. The van der Waals surface area contributed by atoms with Crippen molar-refractivity contribution in [2.75, 3.05) is 6.61 Å². The lowest BCUT2D eigenvalue weighted by Crippen LogP contribution is -2.66. The molecule has 6 rings (SSSR count). The molecule has 0 radical (unpaired) electrons. The van der Waals surface area contributed by atoms with E-state index < -0.39 is 23.9 Å². The van der Waals surface area contributed by atoms with Crippen LogP contribution in [-0.2, 0) is 14.3 Å². The van der Waals surface area contributed by atoms with Crippen LogP contribution in [0.25, 0.3) is 0 Å². The molecule has 0 amide bonds. The van der Waals surface area contributed by atoms with Crippen LogP contribution in [0.15, 0.2) is 11.8 Å². The van der Waals surface area contributed by atoms with Crippen LogP contribution in [0.1, 0.15) is 97.3 Å². The number of hydrogen-bond acceptors (Lipinski definition) is 7. The Morgan fingerprint density at radius 3 is 2.55 bits per heavy atom. The predicted molar refractivity (Wildman–Crippen MR) is 141 cm³/mol. The molecule has 12 atom stereocenters. The van der Waals surface area contributed by atoms with Crippen LogP contribution in [0.4, 0.5) is 0 Å². The molecule has 7 nitrogen and oxygen atoms in total. The van der Waals surface area contributed by atoms with Gasteiger partial charge in [-0.3, -0.25) is 4.79 Å². The van der Waals surface area contributed by atoms with Gasteiger partial charge in [0, 0.05) is 12.0 Å². The van der Waals surface area contributed by atoms with E-state index in [1.54, 1.807) is 6.26 Å². The van der Waals surface area contributed by atoms with Gasteiger partial charge in [-0.25, -0.2) is 0 Å². The van der Waals surface area contributed by atoms with E-state index in [2.05, 4.69) is 13.8 Å². The number of aliphatic hydroxyl groups is 4. The monoisotopic (exact) mass is 532 g/mol. The normalized spacial score (nSPS) is 52.8. The van der Waals surface area contributed by atoms with E-state index in [1.165, 1.54) is 0 Å². The maximum atomic E-state index is 12.6. The molecule has 0 spiro atoms. The summed E-state index contributed by atoms with van der Waals surface area (Å²) in [5.41, 5.74) is 0.312. The largest absolute Gasteiger partial charge is 0.434 e. The quantitative estimate of drug-likeness (QED) is 0.406. The standard InChI is InChI=1S/C31H48O7/c1-29-10-7-21(38-26-13-18(16-32)12-25(33)28(26)35)15-20(29)5-6-24-23(29)8-11-30(2)22(4-3-9-31(24,30)36)19-14-27(34)37-17-19/h17-18,20-26,28,32-33,35-36H,3-16H2,1-2H3. The van der Waals surface area contributed by atoms with E-state index in [0.717, 1.165) is 69.8 Å². The minimum atomic E-state index is -0.887. The minimum absolute atomic E-state index is 0.0153. The first-order valence-electron chi connectivity index (χ1n) is 15.3. The van der Waals surface area contributed by atoms with Gasteiger partial charge in [0.1, 0.15) is 6.10 Å². The van der Waals surface area contributed by atoms with Crippen molar-refractivity contribution >= 4 is 5.97 Å². The van der Waals surface area contributed by atoms with E-state index in [1.807, 2.05) is 0 Å². The van der Waals surface area contributed by atoms with Crippen molar-refractivity contribution in [3.8, 4) is 0 Å². The number of cyclic esters (lactones) is 1. The van der Waals surface area contributed by atoms with Crippen molar-refractivity contribution in [1.29, 1.82) is 0 Å². The molecule has 0 aromatic carbocycles. The van der Waals surface area contributed by atoms with E-state index in [4.69, 9.17) is 9.47 Å².